The summed E-state index contributed by atoms with van der Waals surface area (Å²) in [4.78, 5) is 12.3. The number of hydrogen-bond donors (Lipinski definition) is 2. The molecule has 0 bridgehead atoms. The lowest BCUT2D eigenvalue weighted by Crippen LogP contribution is -2.42. The van der Waals surface area contributed by atoms with Gasteiger partial charge in [-0.05, 0) is 46.5 Å². The Morgan fingerprint density at radius 3 is 2.41 bits per heavy atom. The fraction of sp³-hybridized carbons (Fsp3) is 0.278. The number of amides is 1. The number of carbonyl (C=O) groups is 1. The van der Waals surface area contributed by atoms with Crippen LogP contribution in [-0.4, -0.2) is 23.7 Å². The maximum Gasteiger partial charge on any atom is 0.264 e. The highest BCUT2D eigenvalue weighted by Crippen LogP contribution is 2.30. The molecular formula is C18H15BrF5NO2. The Kier molecular flexibility index (Phi) is 5.29. The highest BCUT2D eigenvalue weighted by Gasteiger charge is 2.35. The molecule has 0 radical (unpaired) electrons. The first-order valence-electron chi connectivity index (χ1n) is 8.97. The number of hydrogen-bond acceptors (Lipinski definition) is 2. The molecular weight excluding hydrogens is 437 g/mol. The van der Waals surface area contributed by atoms with Gasteiger partial charge in [-0.2, -0.15) is 0 Å². The van der Waals surface area contributed by atoms with E-state index in [0.29, 0.717) is 0 Å². The van der Waals surface area contributed by atoms with Crippen molar-refractivity contribution in [3.8, 4) is 0 Å². The van der Waals surface area contributed by atoms with Crippen molar-refractivity contribution in [3.63, 3.8) is 0 Å². The summed E-state index contributed by atoms with van der Waals surface area (Å²) in [6.45, 7) is -4.50. The third-order valence-electron chi connectivity index (χ3n) is 3.77. The third-order valence-corrected chi connectivity index (χ3v) is 4.38. The van der Waals surface area contributed by atoms with E-state index in [4.69, 9.17) is 4.11 Å². The van der Waals surface area contributed by atoms with Gasteiger partial charge in [0.1, 0.15) is 17.6 Å². The number of aliphatic hydroxyl groups is 1. The predicted octanol–water partition coefficient (Wildman–Crippen LogP) is 4.64. The van der Waals surface area contributed by atoms with Crippen LogP contribution in [0, 0.1) is 11.6 Å². The quantitative estimate of drug-likeness (QED) is 0.624. The second kappa shape index (κ2) is 8.35. The Bertz CT molecular complexity index is 927. The van der Waals surface area contributed by atoms with Crippen molar-refractivity contribution in [3.05, 3.63) is 69.2 Å². The molecule has 0 aromatic heterocycles. The summed E-state index contributed by atoms with van der Waals surface area (Å²) in [5, 5.41) is 12.4. The van der Waals surface area contributed by atoms with Crippen molar-refractivity contribution in [1.82, 2.24) is 5.32 Å². The topological polar surface area (TPSA) is 49.3 Å². The molecule has 146 valence electrons. The normalized spacial score (nSPS) is 16.8. The molecule has 1 amide bonds. The maximum atomic E-state index is 14.9. The maximum absolute atomic E-state index is 14.9. The minimum atomic E-state index is -3.34. The van der Waals surface area contributed by atoms with E-state index in [-0.39, 0.29) is 4.47 Å². The van der Waals surface area contributed by atoms with Gasteiger partial charge in [-0.25, -0.2) is 22.0 Å². The molecule has 0 fully saturated rings. The van der Waals surface area contributed by atoms with Gasteiger partial charge >= 0.3 is 0 Å². The van der Waals surface area contributed by atoms with E-state index >= 15 is 0 Å². The van der Waals surface area contributed by atoms with E-state index < -0.39 is 65.8 Å². The van der Waals surface area contributed by atoms with E-state index in [9.17, 15) is 31.9 Å². The molecule has 0 aliphatic rings. The highest BCUT2D eigenvalue weighted by atomic mass is 79.9. The van der Waals surface area contributed by atoms with Crippen molar-refractivity contribution in [1.29, 1.82) is 0 Å². The van der Waals surface area contributed by atoms with Gasteiger partial charge < -0.3 is 10.4 Å². The van der Waals surface area contributed by atoms with Crippen molar-refractivity contribution in [2.75, 3.05) is 6.54 Å². The average Bonchev–Trinajstić information content (AvgIpc) is 2.66. The van der Waals surface area contributed by atoms with E-state index in [1.165, 1.54) is 0 Å². The van der Waals surface area contributed by atoms with E-state index in [1.54, 1.807) is 0 Å². The van der Waals surface area contributed by atoms with Gasteiger partial charge in [0.05, 0.1) is 16.6 Å². The molecule has 0 aliphatic heterocycles. The van der Waals surface area contributed by atoms with E-state index in [1.807, 2.05) is 5.32 Å². The largest absolute Gasteiger partial charge is 0.382 e. The second-order valence-corrected chi connectivity index (χ2v) is 6.43. The number of rotatable bonds is 6. The lowest BCUT2D eigenvalue weighted by atomic mass is 9.91. The smallest absolute Gasteiger partial charge is 0.264 e. The van der Waals surface area contributed by atoms with Crippen LogP contribution in [0.25, 0.3) is 0 Å². The molecule has 0 spiro atoms. The molecule has 9 heteroatoms. The number of halogens is 6. The molecule has 2 unspecified atom stereocenters. The molecule has 2 N–H and O–H groups in total. The molecule has 2 aromatic rings. The van der Waals surface area contributed by atoms with Crippen molar-refractivity contribution in [2.45, 2.75) is 25.1 Å². The number of alkyl halides is 3. The summed E-state index contributed by atoms with van der Waals surface area (Å²) in [6, 6.07) is 5.11. The fourth-order valence-electron chi connectivity index (χ4n) is 2.28. The molecule has 0 saturated heterocycles. The minimum absolute atomic E-state index is 0.292. The first-order valence-corrected chi connectivity index (χ1v) is 8.26. The van der Waals surface area contributed by atoms with Crippen LogP contribution in [0.1, 0.15) is 38.9 Å². The van der Waals surface area contributed by atoms with Gasteiger partial charge in [-0.15, -0.1) is 0 Å². The van der Waals surface area contributed by atoms with Crippen LogP contribution in [0.15, 0.2) is 40.9 Å². The van der Waals surface area contributed by atoms with Gasteiger partial charge in [0.25, 0.3) is 12.3 Å². The van der Waals surface area contributed by atoms with Crippen LogP contribution in [0.4, 0.5) is 22.0 Å². The monoisotopic (exact) mass is 454 g/mol. The third kappa shape index (κ3) is 4.65. The molecule has 2 rings (SSSR count). The standard InChI is InChI=1S/C18H15BrF5NO2/c1-18(27,9-2-4-10(20)5-3-9)13(21)8-25-17(26)14-11(16(23)24)6-7-12(19)15(14)22/h2-7,13,16,27H,8H2,1H3,(H,25,26)/i1D3. The van der Waals surface area contributed by atoms with Gasteiger partial charge in [-0.3, -0.25) is 4.79 Å². The van der Waals surface area contributed by atoms with Crippen molar-refractivity contribution < 1.29 is 36.0 Å². The fourth-order valence-corrected chi connectivity index (χ4v) is 2.61. The zero-order chi connectivity index (χ0) is 22.9. The van der Waals surface area contributed by atoms with Gasteiger partial charge in [0.15, 0.2) is 5.82 Å². The van der Waals surface area contributed by atoms with Crippen LogP contribution >= 0.6 is 15.9 Å². The van der Waals surface area contributed by atoms with Gasteiger partial charge in [0.2, 0.25) is 0 Å². The first kappa shape index (κ1) is 17.1. The lowest BCUT2D eigenvalue weighted by Gasteiger charge is -2.28. The molecule has 2 aromatic carbocycles. The highest BCUT2D eigenvalue weighted by molar-refractivity contribution is 9.10. The van der Waals surface area contributed by atoms with Crippen LogP contribution in [0.5, 0.6) is 0 Å². The van der Waals surface area contributed by atoms with E-state index in [2.05, 4.69) is 15.9 Å². The Morgan fingerprint density at radius 2 is 1.85 bits per heavy atom. The molecule has 0 saturated carbocycles. The summed E-state index contributed by atoms with van der Waals surface area (Å²) in [7, 11) is 0. The number of carbonyl (C=O) groups excluding carboxylic acids is 1. The second-order valence-electron chi connectivity index (χ2n) is 5.58. The summed E-state index contributed by atoms with van der Waals surface area (Å²) in [5.41, 5.74) is -5.65. The first-order chi connectivity index (χ1) is 13.8. The summed E-state index contributed by atoms with van der Waals surface area (Å²) >= 11 is 2.75. The molecule has 27 heavy (non-hydrogen) atoms. The average molecular weight is 455 g/mol. The summed E-state index contributed by atoms with van der Waals surface area (Å²) in [5.74, 6) is -3.51. The van der Waals surface area contributed by atoms with Crippen LogP contribution in [0.2, 0.25) is 0 Å². The molecule has 0 aliphatic carbocycles. The SMILES string of the molecule is [2H]C([2H])([2H])C(O)(c1ccc(F)cc1)C(F)CNC(=O)c1c(C(F)F)ccc(Br)c1F. The zero-order valence-corrected chi connectivity index (χ0v) is 15.0. The minimum Gasteiger partial charge on any atom is -0.382 e. The summed E-state index contributed by atoms with van der Waals surface area (Å²) < 4.78 is 90.6. The molecule has 2 atom stereocenters. The number of benzene rings is 2. The van der Waals surface area contributed by atoms with E-state index in [0.717, 1.165) is 36.4 Å². The molecule has 3 nitrogen and oxygen atoms in total. The number of nitrogens with one attached hydrogen (secondary N) is 1. The Labute approximate surface area is 164 Å². The lowest BCUT2D eigenvalue weighted by molar-refractivity contribution is -0.0230. The van der Waals surface area contributed by atoms with Crippen LogP contribution in [0.3, 0.4) is 0 Å². The summed E-state index contributed by atoms with van der Waals surface area (Å²) in [6.07, 6.45) is -5.89. The Hall–Kier alpha value is -2.00. The Balaban J connectivity index is 2.33. The van der Waals surface area contributed by atoms with Crippen molar-refractivity contribution >= 4 is 21.8 Å². The zero-order valence-electron chi connectivity index (χ0n) is 16.4. The van der Waals surface area contributed by atoms with Crippen LogP contribution in [-0.2, 0) is 5.60 Å². The van der Waals surface area contributed by atoms with Gasteiger partial charge in [0, 0.05) is 9.68 Å². The van der Waals surface area contributed by atoms with Gasteiger partial charge in [-0.1, -0.05) is 18.2 Å². The van der Waals surface area contributed by atoms with Crippen LogP contribution < -0.4 is 5.32 Å². The Morgan fingerprint density at radius 1 is 1.22 bits per heavy atom. The predicted molar refractivity (Wildman–Crippen MR) is 92.3 cm³/mol. The molecule has 0 heterocycles. The van der Waals surface area contributed by atoms with Crippen molar-refractivity contribution in [2.24, 2.45) is 0 Å².